The van der Waals surface area contributed by atoms with Crippen LogP contribution < -0.4 is 10.9 Å². The Morgan fingerprint density at radius 1 is 1.38 bits per heavy atom. The number of aromatic amines is 2. The number of carbonyl (C=O) groups is 1. The highest BCUT2D eigenvalue weighted by atomic mass is 16.1. The van der Waals surface area contributed by atoms with E-state index >= 15 is 0 Å². The fourth-order valence-electron chi connectivity index (χ4n) is 2.02. The van der Waals surface area contributed by atoms with E-state index in [4.69, 9.17) is 0 Å². The number of amides is 1. The van der Waals surface area contributed by atoms with Crippen molar-refractivity contribution in [3.63, 3.8) is 0 Å². The number of nitrogens with one attached hydrogen (secondary N) is 3. The molecule has 2 aromatic rings. The highest BCUT2D eigenvalue weighted by Gasteiger charge is 2.14. The first kappa shape index (κ1) is 14.8. The summed E-state index contributed by atoms with van der Waals surface area (Å²) in [6.07, 6.45) is 0.524. The number of aromatic nitrogens is 6. The van der Waals surface area contributed by atoms with Crippen molar-refractivity contribution in [2.45, 2.75) is 39.7 Å². The van der Waals surface area contributed by atoms with E-state index in [-0.39, 0.29) is 23.9 Å². The van der Waals surface area contributed by atoms with Crippen LogP contribution in [-0.2, 0) is 11.2 Å². The minimum atomic E-state index is -0.341. The van der Waals surface area contributed by atoms with E-state index in [1.54, 1.807) is 20.8 Å². The third kappa shape index (κ3) is 3.71. The Hall–Kier alpha value is -2.58. The molecule has 0 saturated carbocycles. The van der Waals surface area contributed by atoms with Gasteiger partial charge in [-0.15, -0.1) is 10.2 Å². The van der Waals surface area contributed by atoms with Crippen LogP contribution in [0.5, 0.6) is 0 Å². The topological polar surface area (TPSA) is 129 Å². The summed E-state index contributed by atoms with van der Waals surface area (Å²) in [5.74, 6) is 0.789. The van der Waals surface area contributed by atoms with Crippen LogP contribution in [-0.4, -0.2) is 36.5 Å². The van der Waals surface area contributed by atoms with Crippen molar-refractivity contribution in [1.29, 1.82) is 0 Å². The summed E-state index contributed by atoms with van der Waals surface area (Å²) in [4.78, 5) is 30.5. The van der Waals surface area contributed by atoms with Gasteiger partial charge < -0.3 is 10.3 Å². The molecule has 0 bridgehead atoms. The van der Waals surface area contributed by atoms with Gasteiger partial charge in [0.05, 0.1) is 6.04 Å². The maximum atomic E-state index is 11.9. The van der Waals surface area contributed by atoms with E-state index in [1.165, 1.54) is 0 Å². The summed E-state index contributed by atoms with van der Waals surface area (Å²) in [5, 5.41) is 16.1. The standard InChI is InChI=1S/C12H17N7O2/c1-6-9(12(21)15-8(3)13-6)4-5-10(20)14-7(2)11-16-18-19-17-11/h7H,4-5H2,1-3H3,(H,14,20)(H,13,15,21)(H,16,17,18,19). The Balaban J connectivity index is 1.94. The molecule has 0 fully saturated rings. The molecular formula is C12H17N7O2. The van der Waals surface area contributed by atoms with Crippen LogP contribution in [0.4, 0.5) is 0 Å². The average Bonchev–Trinajstić information content (AvgIpc) is 2.91. The first-order valence-electron chi connectivity index (χ1n) is 6.56. The zero-order chi connectivity index (χ0) is 15.4. The van der Waals surface area contributed by atoms with Gasteiger partial charge >= 0.3 is 0 Å². The number of hydrogen-bond acceptors (Lipinski definition) is 6. The Morgan fingerprint density at radius 3 is 2.76 bits per heavy atom. The predicted octanol–water partition coefficient (Wildman–Crippen LogP) is -0.290. The van der Waals surface area contributed by atoms with Gasteiger partial charge in [0.15, 0.2) is 5.82 Å². The average molecular weight is 291 g/mol. The number of carbonyl (C=O) groups excluding carboxylic acids is 1. The van der Waals surface area contributed by atoms with Crippen molar-refractivity contribution in [2.75, 3.05) is 0 Å². The molecule has 0 aliphatic heterocycles. The second kappa shape index (κ2) is 6.25. The fraction of sp³-hybridized carbons (Fsp3) is 0.500. The number of hydrogen-bond donors (Lipinski definition) is 3. The zero-order valence-corrected chi connectivity index (χ0v) is 12.1. The molecule has 3 N–H and O–H groups in total. The molecular weight excluding hydrogens is 274 g/mol. The summed E-state index contributed by atoms with van der Waals surface area (Å²) in [6.45, 7) is 5.24. The van der Waals surface area contributed by atoms with Crippen molar-refractivity contribution < 1.29 is 4.79 Å². The molecule has 0 aromatic carbocycles. The van der Waals surface area contributed by atoms with Gasteiger partial charge in [0.25, 0.3) is 5.56 Å². The molecule has 9 nitrogen and oxygen atoms in total. The molecule has 1 atom stereocenters. The van der Waals surface area contributed by atoms with E-state index in [9.17, 15) is 9.59 Å². The van der Waals surface area contributed by atoms with Crippen molar-refractivity contribution in [3.05, 3.63) is 33.3 Å². The van der Waals surface area contributed by atoms with Gasteiger partial charge in [-0.25, -0.2) is 4.98 Å². The van der Waals surface area contributed by atoms with Gasteiger partial charge in [0, 0.05) is 17.7 Å². The zero-order valence-electron chi connectivity index (χ0n) is 12.1. The summed E-state index contributed by atoms with van der Waals surface area (Å²) < 4.78 is 0. The van der Waals surface area contributed by atoms with Gasteiger partial charge in [-0.05, 0) is 27.2 Å². The summed E-state index contributed by atoms with van der Waals surface area (Å²) in [6, 6.07) is -0.341. The van der Waals surface area contributed by atoms with Crippen LogP contribution in [0.2, 0.25) is 0 Å². The Kier molecular flexibility index (Phi) is 4.41. The summed E-state index contributed by atoms with van der Waals surface area (Å²) in [5.41, 5.74) is 0.984. The molecule has 0 saturated heterocycles. The molecule has 112 valence electrons. The van der Waals surface area contributed by atoms with Crippen molar-refractivity contribution in [3.8, 4) is 0 Å². The smallest absolute Gasteiger partial charge is 0.254 e. The third-order valence-electron chi connectivity index (χ3n) is 3.07. The van der Waals surface area contributed by atoms with Crippen molar-refractivity contribution >= 4 is 5.91 Å². The van der Waals surface area contributed by atoms with Crippen molar-refractivity contribution in [2.24, 2.45) is 0 Å². The molecule has 9 heteroatoms. The first-order chi connectivity index (χ1) is 9.97. The SMILES string of the molecule is Cc1nc(C)c(CCC(=O)NC(C)c2nn[nH]n2)c(=O)[nH]1. The van der Waals surface area contributed by atoms with Gasteiger partial charge in [-0.1, -0.05) is 5.21 Å². The van der Waals surface area contributed by atoms with Crippen molar-refractivity contribution in [1.82, 2.24) is 35.9 Å². The van der Waals surface area contributed by atoms with Crippen LogP contribution >= 0.6 is 0 Å². The summed E-state index contributed by atoms with van der Waals surface area (Å²) >= 11 is 0. The molecule has 0 spiro atoms. The lowest BCUT2D eigenvalue weighted by molar-refractivity contribution is -0.121. The molecule has 0 aliphatic rings. The minimum absolute atomic E-state index is 0.188. The van der Waals surface area contributed by atoms with Crippen LogP contribution in [0.1, 0.15) is 42.3 Å². The van der Waals surface area contributed by atoms with E-state index in [2.05, 4.69) is 35.9 Å². The van der Waals surface area contributed by atoms with Gasteiger partial charge in [-0.2, -0.15) is 5.21 Å². The van der Waals surface area contributed by atoms with Gasteiger partial charge in [0.1, 0.15) is 5.82 Å². The predicted molar refractivity (Wildman–Crippen MR) is 73.4 cm³/mol. The normalized spacial score (nSPS) is 12.1. The molecule has 0 radical (unpaired) electrons. The number of nitrogens with zero attached hydrogens (tertiary/aromatic N) is 4. The first-order valence-corrected chi connectivity index (χ1v) is 6.56. The maximum Gasteiger partial charge on any atom is 0.254 e. The third-order valence-corrected chi connectivity index (χ3v) is 3.07. The molecule has 2 aromatic heterocycles. The lowest BCUT2D eigenvalue weighted by Gasteiger charge is -2.10. The number of tetrazole rings is 1. The molecule has 1 unspecified atom stereocenters. The quantitative estimate of drug-likeness (QED) is 0.694. The monoisotopic (exact) mass is 291 g/mol. The lowest BCUT2D eigenvalue weighted by Crippen LogP contribution is -2.28. The van der Waals surface area contributed by atoms with Crippen LogP contribution in [0.15, 0.2) is 4.79 Å². The van der Waals surface area contributed by atoms with E-state index in [1.807, 2.05) is 0 Å². The van der Waals surface area contributed by atoms with Crippen LogP contribution in [0.25, 0.3) is 0 Å². The molecule has 2 rings (SSSR count). The minimum Gasteiger partial charge on any atom is -0.346 e. The lowest BCUT2D eigenvalue weighted by atomic mass is 10.1. The van der Waals surface area contributed by atoms with Crippen LogP contribution in [0, 0.1) is 13.8 Å². The highest BCUT2D eigenvalue weighted by molar-refractivity contribution is 5.76. The number of H-pyrrole nitrogens is 2. The van der Waals surface area contributed by atoms with Crippen LogP contribution in [0.3, 0.4) is 0 Å². The van der Waals surface area contributed by atoms with E-state index in [0.29, 0.717) is 29.3 Å². The Bertz CT molecular complexity index is 677. The van der Waals surface area contributed by atoms with E-state index in [0.717, 1.165) is 0 Å². The molecule has 1 amide bonds. The second-order valence-corrected chi connectivity index (χ2v) is 4.77. The van der Waals surface area contributed by atoms with Gasteiger partial charge in [0.2, 0.25) is 5.91 Å². The van der Waals surface area contributed by atoms with Gasteiger partial charge in [-0.3, -0.25) is 9.59 Å². The molecule has 2 heterocycles. The molecule has 21 heavy (non-hydrogen) atoms. The number of aryl methyl sites for hydroxylation is 2. The highest BCUT2D eigenvalue weighted by Crippen LogP contribution is 2.06. The summed E-state index contributed by atoms with van der Waals surface area (Å²) in [7, 11) is 0. The largest absolute Gasteiger partial charge is 0.346 e. The second-order valence-electron chi connectivity index (χ2n) is 4.77. The van der Waals surface area contributed by atoms with E-state index < -0.39 is 0 Å². The Morgan fingerprint density at radius 2 is 2.14 bits per heavy atom. The Labute approximate surface area is 120 Å². The molecule has 0 aliphatic carbocycles. The fourth-order valence-corrected chi connectivity index (χ4v) is 2.02. The number of rotatable bonds is 5. The maximum absolute atomic E-state index is 11.9.